The molecular weight excluding hydrogens is 377 g/mol. The van der Waals surface area contributed by atoms with E-state index in [2.05, 4.69) is 10.6 Å². The van der Waals surface area contributed by atoms with E-state index >= 15 is 0 Å². The summed E-state index contributed by atoms with van der Waals surface area (Å²) in [5.41, 5.74) is 1.40. The Morgan fingerprint density at radius 2 is 2.10 bits per heavy atom. The Balaban J connectivity index is 1.72. The Morgan fingerprint density at radius 1 is 1.34 bits per heavy atom. The number of amides is 3. The second-order valence-electron chi connectivity index (χ2n) is 7.83. The molecule has 0 spiro atoms. The Kier molecular flexibility index (Phi) is 6.30. The smallest absolute Gasteiger partial charge is 0.409 e. The molecule has 1 aromatic carbocycles. The summed E-state index contributed by atoms with van der Waals surface area (Å²) in [6.07, 6.45) is 1.19. The highest BCUT2D eigenvalue weighted by atomic mass is 19.1. The van der Waals surface area contributed by atoms with E-state index in [1.165, 1.54) is 19.2 Å². The maximum absolute atomic E-state index is 13.6. The van der Waals surface area contributed by atoms with E-state index in [4.69, 9.17) is 9.15 Å². The lowest BCUT2D eigenvalue weighted by Crippen LogP contribution is -2.52. The van der Waals surface area contributed by atoms with Gasteiger partial charge in [-0.1, -0.05) is 13.8 Å². The average Bonchev–Trinajstić information content (AvgIpc) is 3.01. The molecule has 1 aliphatic rings. The van der Waals surface area contributed by atoms with Gasteiger partial charge in [0.15, 0.2) is 0 Å². The van der Waals surface area contributed by atoms with Crippen molar-refractivity contribution < 1.29 is 23.1 Å². The van der Waals surface area contributed by atoms with Crippen molar-refractivity contribution in [1.29, 1.82) is 0 Å². The van der Waals surface area contributed by atoms with E-state index in [9.17, 15) is 14.0 Å². The van der Waals surface area contributed by atoms with E-state index in [0.717, 1.165) is 18.4 Å². The molecular formula is C21H28FN3O4. The van der Waals surface area contributed by atoms with Gasteiger partial charge in [-0.15, -0.1) is 0 Å². The molecule has 1 fully saturated rings. The van der Waals surface area contributed by atoms with E-state index < -0.39 is 0 Å². The summed E-state index contributed by atoms with van der Waals surface area (Å²) < 4.78 is 24.3. The molecule has 0 radical (unpaired) electrons. The zero-order valence-electron chi connectivity index (χ0n) is 17.3. The standard InChI is InChI=1S/C21H28FN3O4/c1-12(2)18(19-13(3)16-10-14(22)7-8-17(16)29-19)24-20(26)23-15-6-5-9-25(11-15)21(27)28-4/h7-8,10,12,15,18H,5-6,9,11H2,1-4H3,(H2,23,24,26)/t15-,18-/m0/s1. The van der Waals surface area contributed by atoms with Crippen LogP contribution < -0.4 is 10.6 Å². The average molecular weight is 405 g/mol. The van der Waals surface area contributed by atoms with E-state index in [1.807, 2.05) is 20.8 Å². The molecule has 29 heavy (non-hydrogen) atoms. The SMILES string of the molecule is COC(=O)N1CCC[C@H](NC(=O)N[C@H](c2oc3ccc(F)cc3c2C)C(C)C)C1. The lowest BCUT2D eigenvalue weighted by molar-refractivity contribution is 0.108. The second kappa shape index (κ2) is 8.71. The van der Waals surface area contributed by atoms with Gasteiger partial charge in [0.05, 0.1) is 13.2 Å². The molecule has 1 aliphatic heterocycles. The number of nitrogens with zero attached hydrogens (tertiary/aromatic N) is 1. The van der Waals surface area contributed by atoms with Gasteiger partial charge in [0, 0.05) is 30.1 Å². The number of carbonyl (C=O) groups is 2. The molecule has 2 heterocycles. The van der Waals surface area contributed by atoms with Gasteiger partial charge < -0.3 is 24.7 Å². The number of rotatable bonds is 4. The minimum absolute atomic E-state index is 0.0581. The number of furan rings is 1. The third kappa shape index (κ3) is 4.63. The second-order valence-corrected chi connectivity index (χ2v) is 7.83. The number of likely N-dealkylation sites (tertiary alicyclic amines) is 1. The minimum atomic E-state index is -0.387. The number of piperidine rings is 1. The Labute approximate surface area is 169 Å². The van der Waals surface area contributed by atoms with Crippen LogP contribution in [0.1, 0.15) is 44.1 Å². The molecule has 7 nitrogen and oxygen atoms in total. The summed E-state index contributed by atoms with van der Waals surface area (Å²) in [4.78, 5) is 26.0. The summed E-state index contributed by atoms with van der Waals surface area (Å²) in [5, 5.41) is 6.63. The molecule has 1 aromatic heterocycles. The summed E-state index contributed by atoms with van der Waals surface area (Å²) in [6, 6.07) is 3.55. The molecule has 0 unspecified atom stereocenters. The quantitative estimate of drug-likeness (QED) is 0.802. The summed E-state index contributed by atoms with van der Waals surface area (Å²) in [7, 11) is 1.35. The Morgan fingerprint density at radius 3 is 2.79 bits per heavy atom. The first-order valence-corrected chi connectivity index (χ1v) is 9.88. The first kappa shape index (κ1) is 21.0. The number of fused-ring (bicyclic) bond motifs is 1. The van der Waals surface area contributed by atoms with Crippen LogP contribution in [0.15, 0.2) is 22.6 Å². The number of methoxy groups -OCH3 is 1. The van der Waals surface area contributed by atoms with Gasteiger partial charge in [-0.3, -0.25) is 0 Å². The first-order valence-electron chi connectivity index (χ1n) is 9.88. The molecule has 0 saturated carbocycles. The fraction of sp³-hybridized carbons (Fsp3) is 0.524. The van der Waals surface area contributed by atoms with Gasteiger partial charge >= 0.3 is 12.1 Å². The molecule has 158 valence electrons. The number of urea groups is 1. The minimum Gasteiger partial charge on any atom is -0.459 e. The summed E-state index contributed by atoms with van der Waals surface area (Å²) in [6.45, 7) is 6.87. The van der Waals surface area contributed by atoms with Crippen LogP contribution >= 0.6 is 0 Å². The molecule has 2 atom stereocenters. The fourth-order valence-corrected chi connectivity index (χ4v) is 3.80. The van der Waals surface area contributed by atoms with Gasteiger partial charge in [-0.25, -0.2) is 14.0 Å². The highest BCUT2D eigenvalue weighted by Crippen LogP contribution is 2.33. The number of ether oxygens (including phenoxy) is 1. The van der Waals surface area contributed by atoms with Gasteiger partial charge in [0.1, 0.15) is 17.2 Å². The molecule has 2 aromatic rings. The highest BCUT2D eigenvalue weighted by Gasteiger charge is 2.28. The van der Waals surface area contributed by atoms with Gasteiger partial charge in [-0.2, -0.15) is 0 Å². The molecule has 3 rings (SSSR count). The normalized spacial score (nSPS) is 18.0. The third-order valence-electron chi connectivity index (χ3n) is 5.36. The zero-order valence-corrected chi connectivity index (χ0v) is 17.3. The van der Waals surface area contributed by atoms with Crippen molar-refractivity contribution in [3.63, 3.8) is 0 Å². The lowest BCUT2D eigenvalue weighted by Gasteiger charge is -2.32. The molecule has 8 heteroatoms. The Hall–Kier alpha value is -2.77. The first-order chi connectivity index (χ1) is 13.8. The number of halogens is 1. The van der Waals surface area contributed by atoms with E-state index in [0.29, 0.717) is 29.8 Å². The van der Waals surface area contributed by atoms with Crippen LogP contribution in [0, 0.1) is 18.7 Å². The van der Waals surface area contributed by atoms with Gasteiger partial charge in [-0.05, 0) is 43.9 Å². The van der Waals surface area contributed by atoms with Crippen LogP contribution in [0.25, 0.3) is 11.0 Å². The molecule has 0 bridgehead atoms. The molecule has 0 aliphatic carbocycles. The number of nitrogens with one attached hydrogen (secondary N) is 2. The number of benzene rings is 1. The monoisotopic (exact) mass is 405 g/mol. The fourth-order valence-electron chi connectivity index (χ4n) is 3.80. The number of carbonyl (C=O) groups excluding carboxylic acids is 2. The molecule has 3 amide bonds. The predicted octanol–water partition coefficient (Wildman–Crippen LogP) is 4.11. The third-order valence-corrected chi connectivity index (χ3v) is 5.36. The van der Waals surface area contributed by atoms with Crippen molar-refractivity contribution in [2.45, 2.75) is 45.7 Å². The van der Waals surface area contributed by atoms with Crippen LogP contribution in [0.3, 0.4) is 0 Å². The van der Waals surface area contributed by atoms with Crippen molar-refractivity contribution in [1.82, 2.24) is 15.5 Å². The topological polar surface area (TPSA) is 83.8 Å². The predicted molar refractivity (Wildman–Crippen MR) is 107 cm³/mol. The zero-order chi connectivity index (χ0) is 21.1. The van der Waals surface area contributed by atoms with Crippen LogP contribution in [0.2, 0.25) is 0 Å². The molecule has 2 N–H and O–H groups in total. The van der Waals surface area contributed by atoms with E-state index in [1.54, 1.807) is 11.0 Å². The maximum atomic E-state index is 13.6. The summed E-state index contributed by atoms with van der Waals surface area (Å²) in [5.74, 6) is 0.352. The number of aryl methyl sites for hydroxylation is 1. The van der Waals surface area contributed by atoms with Crippen molar-refractivity contribution in [2.24, 2.45) is 5.92 Å². The van der Waals surface area contributed by atoms with Crippen molar-refractivity contribution >= 4 is 23.1 Å². The van der Waals surface area contributed by atoms with Crippen LogP contribution in [-0.4, -0.2) is 43.3 Å². The lowest BCUT2D eigenvalue weighted by atomic mass is 9.98. The Bertz CT molecular complexity index is 895. The largest absolute Gasteiger partial charge is 0.459 e. The maximum Gasteiger partial charge on any atom is 0.409 e. The van der Waals surface area contributed by atoms with Crippen molar-refractivity contribution in [2.75, 3.05) is 20.2 Å². The van der Waals surface area contributed by atoms with Crippen LogP contribution in [0.5, 0.6) is 0 Å². The number of hydrogen-bond acceptors (Lipinski definition) is 4. The van der Waals surface area contributed by atoms with Gasteiger partial charge in [0.25, 0.3) is 0 Å². The highest BCUT2D eigenvalue weighted by molar-refractivity contribution is 5.82. The summed E-state index contributed by atoms with van der Waals surface area (Å²) >= 11 is 0. The number of hydrogen-bond donors (Lipinski definition) is 2. The van der Waals surface area contributed by atoms with E-state index in [-0.39, 0.29) is 35.9 Å². The van der Waals surface area contributed by atoms with Crippen molar-refractivity contribution in [3.8, 4) is 0 Å². The van der Waals surface area contributed by atoms with Gasteiger partial charge in [0.2, 0.25) is 0 Å². The molecule has 1 saturated heterocycles. The van der Waals surface area contributed by atoms with Crippen LogP contribution in [-0.2, 0) is 4.74 Å². The van der Waals surface area contributed by atoms with Crippen molar-refractivity contribution in [3.05, 3.63) is 35.3 Å². The van der Waals surface area contributed by atoms with Crippen LogP contribution in [0.4, 0.5) is 14.0 Å².